The summed E-state index contributed by atoms with van der Waals surface area (Å²) >= 11 is 0. The Labute approximate surface area is 156 Å². The van der Waals surface area contributed by atoms with E-state index in [1.54, 1.807) is 7.11 Å². The van der Waals surface area contributed by atoms with Crippen LogP contribution in [-0.2, 0) is 17.7 Å². The van der Waals surface area contributed by atoms with Crippen molar-refractivity contribution in [2.45, 2.75) is 25.3 Å². The second-order valence-electron chi connectivity index (χ2n) is 7.10. The molecule has 0 radical (unpaired) electrons. The van der Waals surface area contributed by atoms with Crippen molar-refractivity contribution >= 4 is 16.8 Å². The Kier molecular flexibility index (Phi) is 3.89. The van der Waals surface area contributed by atoms with E-state index in [1.807, 2.05) is 29.2 Å². The molecule has 1 N–H and O–H groups in total. The molecule has 2 aliphatic rings. The Bertz CT molecular complexity index is 1000. The average Bonchev–Trinajstić information content (AvgIpc) is 3.44. The number of aromatic amines is 1. The smallest absolute Gasteiger partial charge is 0.270 e. The van der Waals surface area contributed by atoms with Gasteiger partial charge in [0.15, 0.2) is 5.89 Å². The quantitative estimate of drug-likeness (QED) is 0.770. The van der Waals surface area contributed by atoms with Crippen LogP contribution in [0, 0.1) is 0 Å². The van der Waals surface area contributed by atoms with Gasteiger partial charge in [-0.1, -0.05) is 0 Å². The number of hydrogen-bond donors (Lipinski definition) is 1. The minimum absolute atomic E-state index is 0.0235. The van der Waals surface area contributed by atoms with Crippen LogP contribution in [0.15, 0.2) is 28.7 Å². The van der Waals surface area contributed by atoms with Crippen LogP contribution in [0.2, 0.25) is 0 Å². The Morgan fingerprint density at radius 2 is 2.30 bits per heavy atom. The number of methoxy groups -OCH3 is 1. The molecule has 1 saturated heterocycles. The predicted molar refractivity (Wildman–Crippen MR) is 98.0 cm³/mol. The number of carbonyl (C=O) groups excluding carboxylic acids is 1. The van der Waals surface area contributed by atoms with E-state index in [-0.39, 0.29) is 11.8 Å². The number of H-pyrrole nitrogens is 1. The van der Waals surface area contributed by atoms with Gasteiger partial charge in [-0.2, -0.15) is 0 Å². The zero-order chi connectivity index (χ0) is 18.4. The lowest BCUT2D eigenvalue weighted by Gasteiger charge is -2.24. The largest absolute Gasteiger partial charge is 0.497 e. The van der Waals surface area contributed by atoms with Crippen molar-refractivity contribution in [2.24, 2.45) is 0 Å². The van der Waals surface area contributed by atoms with Crippen molar-refractivity contribution in [3.8, 4) is 5.75 Å². The highest BCUT2D eigenvalue weighted by atomic mass is 16.5. The summed E-state index contributed by atoms with van der Waals surface area (Å²) < 4.78 is 16.6. The van der Waals surface area contributed by atoms with Gasteiger partial charge in [0.05, 0.1) is 26.2 Å². The zero-order valence-corrected chi connectivity index (χ0v) is 15.2. The summed E-state index contributed by atoms with van der Waals surface area (Å²) in [7, 11) is 1.63. The topological polar surface area (TPSA) is 80.6 Å². The molecule has 2 aromatic heterocycles. The molecule has 7 nitrogen and oxygen atoms in total. The lowest BCUT2D eigenvalue weighted by atomic mass is 10.1. The number of benzene rings is 1. The van der Waals surface area contributed by atoms with Gasteiger partial charge >= 0.3 is 0 Å². The van der Waals surface area contributed by atoms with Crippen LogP contribution in [0.5, 0.6) is 5.75 Å². The average molecular weight is 367 g/mol. The zero-order valence-electron chi connectivity index (χ0n) is 15.2. The van der Waals surface area contributed by atoms with Gasteiger partial charge in [0.2, 0.25) is 0 Å². The van der Waals surface area contributed by atoms with Crippen LogP contribution in [0.1, 0.15) is 40.2 Å². The fourth-order valence-electron chi connectivity index (χ4n) is 3.82. The molecule has 5 rings (SSSR count). The first-order chi connectivity index (χ1) is 13.2. The maximum Gasteiger partial charge on any atom is 0.270 e. The van der Waals surface area contributed by atoms with E-state index in [2.05, 4.69) is 9.97 Å². The fraction of sp³-hybridized carbons (Fsp3) is 0.400. The number of fused-ring (bicyclic) bond motifs is 2. The van der Waals surface area contributed by atoms with Gasteiger partial charge in [-0.15, -0.1) is 0 Å². The lowest BCUT2D eigenvalue weighted by molar-refractivity contribution is 0.0723. The minimum Gasteiger partial charge on any atom is -0.497 e. The second-order valence-corrected chi connectivity index (χ2v) is 7.10. The van der Waals surface area contributed by atoms with Crippen LogP contribution in [-0.4, -0.2) is 47.6 Å². The number of nitrogens with zero attached hydrogens (tertiary/aromatic N) is 2. The molecular formula is C20H21N3O4. The first-order valence-corrected chi connectivity index (χ1v) is 9.23. The maximum atomic E-state index is 13.0. The molecule has 0 aliphatic carbocycles. The predicted octanol–water partition coefficient (Wildman–Crippen LogP) is 2.87. The normalized spacial score (nSPS) is 19.4. The van der Waals surface area contributed by atoms with Gasteiger partial charge in [0, 0.05) is 30.5 Å². The third-order valence-electron chi connectivity index (χ3n) is 5.37. The van der Waals surface area contributed by atoms with Gasteiger partial charge in [-0.05, 0) is 30.7 Å². The first-order valence-electron chi connectivity index (χ1n) is 9.23. The Morgan fingerprint density at radius 3 is 3.11 bits per heavy atom. The van der Waals surface area contributed by atoms with Crippen molar-refractivity contribution in [3.63, 3.8) is 0 Å². The molecule has 1 atom stereocenters. The van der Waals surface area contributed by atoms with Gasteiger partial charge < -0.3 is 23.8 Å². The van der Waals surface area contributed by atoms with Crippen molar-refractivity contribution in [3.05, 3.63) is 47.3 Å². The van der Waals surface area contributed by atoms with Gasteiger partial charge in [0.25, 0.3) is 5.91 Å². The summed E-state index contributed by atoms with van der Waals surface area (Å²) in [4.78, 5) is 22.7. The highest BCUT2D eigenvalue weighted by molar-refractivity contribution is 5.98. The number of carbonyl (C=O) groups is 1. The standard InChI is InChI=1S/C20H21N3O4/c1-25-14-2-3-15-13(8-14)9-16(21-15)20(24)23-6-4-18-17(10-23)22-19(27-18)12-5-7-26-11-12/h2-3,8-9,12,21H,4-7,10-11H2,1H3. The number of oxazole rings is 1. The molecule has 1 unspecified atom stereocenters. The van der Waals surface area contributed by atoms with Crippen LogP contribution in [0.25, 0.3) is 10.9 Å². The van der Waals surface area contributed by atoms with Gasteiger partial charge in [-0.3, -0.25) is 4.79 Å². The molecule has 3 aromatic rings. The molecule has 27 heavy (non-hydrogen) atoms. The van der Waals surface area contributed by atoms with Crippen LogP contribution in [0.4, 0.5) is 0 Å². The van der Waals surface area contributed by atoms with Crippen LogP contribution < -0.4 is 4.74 Å². The molecule has 4 heterocycles. The van der Waals surface area contributed by atoms with E-state index in [1.165, 1.54) is 0 Å². The second kappa shape index (κ2) is 6.42. The molecule has 0 spiro atoms. The monoisotopic (exact) mass is 367 g/mol. The summed E-state index contributed by atoms with van der Waals surface area (Å²) in [6, 6.07) is 7.60. The molecule has 0 bridgehead atoms. The van der Waals surface area contributed by atoms with Crippen molar-refractivity contribution in [1.82, 2.24) is 14.9 Å². The van der Waals surface area contributed by atoms with E-state index in [9.17, 15) is 4.79 Å². The van der Waals surface area contributed by atoms with Crippen molar-refractivity contribution in [1.29, 1.82) is 0 Å². The third kappa shape index (κ3) is 2.88. The lowest BCUT2D eigenvalue weighted by Crippen LogP contribution is -2.36. The Hall–Kier alpha value is -2.80. The SMILES string of the molecule is COc1ccc2[nH]c(C(=O)N3CCc4oc(C5CCOC5)nc4C3)cc2c1. The maximum absolute atomic E-state index is 13.0. The Morgan fingerprint density at radius 1 is 1.37 bits per heavy atom. The first kappa shape index (κ1) is 16.4. The number of hydrogen-bond acceptors (Lipinski definition) is 5. The van der Waals surface area contributed by atoms with E-state index >= 15 is 0 Å². The van der Waals surface area contributed by atoms with Gasteiger partial charge in [0.1, 0.15) is 22.9 Å². The number of rotatable bonds is 3. The molecule has 2 aliphatic heterocycles. The number of ether oxygens (including phenoxy) is 2. The van der Waals surface area contributed by atoms with Crippen LogP contribution in [0.3, 0.4) is 0 Å². The van der Waals surface area contributed by atoms with E-state index < -0.39 is 0 Å². The number of aromatic nitrogens is 2. The summed E-state index contributed by atoms with van der Waals surface area (Å²) in [6.45, 7) is 2.53. The van der Waals surface area contributed by atoms with E-state index in [4.69, 9.17) is 13.9 Å². The van der Waals surface area contributed by atoms with E-state index in [0.717, 1.165) is 47.0 Å². The fourth-order valence-corrected chi connectivity index (χ4v) is 3.82. The number of amides is 1. The molecule has 0 saturated carbocycles. The summed E-state index contributed by atoms with van der Waals surface area (Å²) in [5.41, 5.74) is 2.37. The highest BCUT2D eigenvalue weighted by Crippen LogP contribution is 2.29. The molecule has 7 heteroatoms. The highest BCUT2D eigenvalue weighted by Gasteiger charge is 2.30. The van der Waals surface area contributed by atoms with Crippen molar-refractivity contribution < 1.29 is 18.7 Å². The molecule has 1 aromatic carbocycles. The number of nitrogens with one attached hydrogen (secondary N) is 1. The van der Waals surface area contributed by atoms with Gasteiger partial charge in [-0.25, -0.2) is 4.98 Å². The van der Waals surface area contributed by atoms with Crippen molar-refractivity contribution in [2.75, 3.05) is 26.9 Å². The third-order valence-corrected chi connectivity index (χ3v) is 5.37. The molecule has 1 amide bonds. The Balaban J connectivity index is 1.37. The summed E-state index contributed by atoms with van der Waals surface area (Å²) in [6.07, 6.45) is 1.64. The van der Waals surface area contributed by atoms with Crippen LogP contribution >= 0.6 is 0 Å². The molecule has 1 fully saturated rings. The van der Waals surface area contributed by atoms with E-state index in [0.29, 0.717) is 31.8 Å². The summed E-state index contributed by atoms with van der Waals surface area (Å²) in [5, 5.41) is 0.959. The minimum atomic E-state index is -0.0235. The summed E-state index contributed by atoms with van der Waals surface area (Å²) in [5.74, 6) is 2.65. The molecule has 140 valence electrons. The molecular weight excluding hydrogens is 346 g/mol.